The molecule has 0 bridgehead atoms. The molecule has 2 N–H and O–H groups in total. The van der Waals surface area contributed by atoms with Gasteiger partial charge >= 0.3 is 5.97 Å². The summed E-state index contributed by atoms with van der Waals surface area (Å²) in [6, 6.07) is 0. The SMILES string of the molecule is C=C(C[C@H](O)C=O)C(=O)O. The van der Waals surface area contributed by atoms with Gasteiger partial charge in [0.2, 0.25) is 0 Å². The first-order valence-corrected chi connectivity index (χ1v) is 2.62. The van der Waals surface area contributed by atoms with Crippen molar-refractivity contribution in [3.63, 3.8) is 0 Å². The van der Waals surface area contributed by atoms with Crippen molar-refractivity contribution >= 4 is 12.3 Å². The van der Waals surface area contributed by atoms with Gasteiger partial charge in [-0.15, -0.1) is 0 Å². The summed E-state index contributed by atoms with van der Waals surface area (Å²) < 4.78 is 0. The van der Waals surface area contributed by atoms with Gasteiger partial charge in [-0.1, -0.05) is 6.58 Å². The van der Waals surface area contributed by atoms with Crippen LogP contribution in [0.4, 0.5) is 0 Å². The lowest BCUT2D eigenvalue weighted by Gasteiger charge is -2.00. The first kappa shape index (κ1) is 8.84. The first-order chi connectivity index (χ1) is 4.57. The lowest BCUT2D eigenvalue weighted by molar-refractivity contribution is -0.133. The molecule has 0 amide bonds. The van der Waals surface area contributed by atoms with Crippen molar-refractivity contribution < 1.29 is 19.8 Å². The van der Waals surface area contributed by atoms with Crippen LogP contribution in [0.3, 0.4) is 0 Å². The highest BCUT2D eigenvalue weighted by atomic mass is 16.4. The number of carbonyl (C=O) groups is 2. The number of aldehydes is 1. The van der Waals surface area contributed by atoms with E-state index in [-0.39, 0.29) is 18.3 Å². The fourth-order valence-corrected chi connectivity index (χ4v) is 0.388. The number of aliphatic hydroxyl groups is 1. The molecular weight excluding hydrogens is 136 g/mol. The van der Waals surface area contributed by atoms with Crippen LogP contribution in [0, 0.1) is 0 Å². The lowest BCUT2D eigenvalue weighted by atomic mass is 10.1. The Morgan fingerprint density at radius 1 is 1.70 bits per heavy atom. The zero-order valence-corrected chi connectivity index (χ0v) is 5.28. The summed E-state index contributed by atoms with van der Waals surface area (Å²) in [4.78, 5) is 19.8. The van der Waals surface area contributed by atoms with Gasteiger partial charge in [0.25, 0.3) is 0 Å². The lowest BCUT2D eigenvalue weighted by Crippen LogP contribution is -2.12. The fraction of sp³-hybridized carbons (Fsp3) is 0.333. The minimum atomic E-state index is -1.25. The summed E-state index contributed by atoms with van der Waals surface area (Å²) in [6.45, 7) is 3.12. The molecule has 56 valence electrons. The van der Waals surface area contributed by atoms with E-state index in [2.05, 4.69) is 6.58 Å². The second-order valence-corrected chi connectivity index (χ2v) is 1.82. The van der Waals surface area contributed by atoms with Crippen molar-refractivity contribution in [2.45, 2.75) is 12.5 Å². The molecule has 0 unspecified atom stereocenters. The first-order valence-electron chi connectivity index (χ1n) is 2.62. The molecule has 10 heavy (non-hydrogen) atoms. The topological polar surface area (TPSA) is 74.6 Å². The van der Waals surface area contributed by atoms with Crippen molar-refractivity contribution in [3.05, 3.63) is 12.2 Å². The van der Waals surface area contributed by atoms with Gasteiger partial charge in [-0.05, 0) is 0 Å². The Balaban J connectivity index is 3.79. The maximum Gasteiger partial charge on any atom is 0.331 e. The number of hydrogen-bond acceptors (Lipinski definition) is 3. The van der Waals surface area contributed by atoms with Crippen LogP contribution in [0.1, 0.15) is 6.42 Å². The highest BCUT2D eigenvalue weighted by Gasteiger charge is 2.09. The van der Waals surface area contributed by atoms with Gasteiger partial charge in [0.1, 0.15) is 12.4 Å². The van der Waals surface area contributed by atoms with E-state index in [0.29, 0.717) is 0 Å². The van der Waals surface area contributed by atoms with Crippen LogP contribution >= 0.6 is 0 Å². The zero-order chi connectivity index (χ0) is 8.15. The largest absolute Gasteiger partial charge is 0.478 e. The van der Waals surface area contributed by atoms with Gasteiger partial charge in [-0.3, -0.25) is 0 Å². The molecule has 0 aromatic heterocycles. The van der Waals surface area contributed by atoms with Crippen LogP contribution < -0.4 is 0 Å². The van der Waals surface area contributed by atoms with Crippen LogP contribution in [0.5, 0.6) is 0 Å². The third-order valence-corrected chi connectivity index (χ3v) is 0.915. The molecule has 0 aromatic rings. The highest BCUT2D eigenvalue weighted by molar-refractivity contribution is 5.86. The highest BCUT2D eigenvalue weighted by Crippen LogP contribution is 2.00. The maximum absolute atomic E-state index is 10.0. The number of hydrogen-bond donors (Lipinski definition) is 2. The summed E-state index contributed by atoms with van der Waals surface area (Å²) in [5, 5.41) is 16.8. The molecule has 4 nitrogen and oxygen atoms in total. The minimum Gasteiger partial charge on any atom is -0.478 e. The molecule has 0 rings (SSSR count). The molecule has 0 aliphatic carbocycles. The van der Waals surface area contributed by atoms with Crippen LogP contribution in [0.15, 0.2) is 12.2 Å². The van der Waals surface area contributed by atoms with E-state index in [4.69, 9.17) is 10.2 Å². The standard InChI is InChI=1S/C6H8O4/c1-4(6(9)10)2-5(8)3-7/h3,5,8H,1-2H2,(H,9,10)/t5-/m0/s1. The molecule has 0 radical (unpaired) electrons. The number of aliphatic carboxylic acids is 1. The Kier molecular flexibility index (Phi) is 3.35. The van der Waals surface area contributed by atoms with Crippen LogP contribution in [0.2, 0.25) is 0 Å². The van der Waals surface area contributed by atoms with Gasteiger partial charge in [-0.2, -0.15) is 0 Å². The molecule has 1 atom stereocenters. The summed E-state index contributed by atoms with van der Waals surface area (Å²) in [7, 11) is 0. The van der Waals surface area contributed by atoms with Gasteiger partial charge in [0.05, 0.1) is 0 Å². The molecule has 4 heteroatoms. The summed E-state index contributed by atoms with van der Waals surface area (Å²) in [6.07, 6.45) is -1.18. The fourth-order valence-electron chi connectivity index (χ4n) is 0.388. The minimum absolute atomic E-state index is 0.167. The number of carbonyl (C=O) groups excluding carboxylic acids is 1. The third-order valence-electron chi connectivity index (χ3n) is 0.915. The Labute approximate surface area is 57.8 Å². The Hall–Kier alpha value is -1.16. The molecule has 0 fully saturated rings. The van der Waals surface area contributed by atoms with Crippen molar-refractivity contribution in [2.75, 3.05) is 0 Å². The van der Waals surface area contributed by atoms with Gasteiger partial charge in [-0.25, -0.2) is 4.79 Å². The second kappa shape index (κ2) is 3.79. The maximum atomic E-state index is 10.0. The average molecular weight is 144 g/mol. The van der Waals surface area contributed by atoms with Crippen molar-refractivity contribution in [1.82, 2.24) is 0 Å². The second-order valence-electron chi connectivity index (χ2n) is 1.82. The Bertz CT molecular complexity index is 161. The third kappa shape index (κ3) is 2.99. The molecule has 0 saturated carbocycles. The van der Waals surface area contributed by atoms with Gasteiger partial charge < -0.3 is 15.0 Å². The van der Waals surface area contributed by atoms with E-state index >= 15 is 0 Å². The van der Waals surface area contributed by atoms with Crippen molar-refractivity contribution in [3.8, 4) is 0 Å². The summed E-state index contributed by atoms with van der Waals surface area (Å²) >= 11 is 0. The quantitative estimate of drug-likeness (QED) is 0.415. The van der Waals surface area contributed by atoms with E-state index < -0.39 is 12.1 Å². The summed E-state index contributed by atoms with van der Waals surface area (Å²) in [5.41, 5.74) is -0.167. The van der Waals surface area contributed by atoms with Crippen LogP contribution in [0.25, 0.3) is 0 Å². The smallest absolute Gasteiger partial charge is 0.331 e. The Morgan fingerprint density at radius 3 is 2.50 bits per heavy atom. The molecule has 0 spiro atoms. The molecule has 0 saturated heterocycles. The monoisotopic (exact) mass is 144 g/mol. The number of carboxylic acid groups (broad SMARTS) is 1. The zero-order valence-electron chi connectivity index (χ0n) is 5.28. The molecular formula is C6H8O4. The number of carboxylic acids is 1. The average Bonchev–Trinajstić information content (AvgIpc) is 1.87. The Morgan fingerprint density at radius 2 is 2.20 bits per heavy atom. The molecule has 0 aromatic carbocycles. The predicted molar refractivity (Wildman–Crippen MR) is 33.5 cm³/mol. The van der Waals surface area contributed by atoms with Crippen LogP contribution in [-0.4, -0.2) is 28.6 Å². The summed E-state index contributed by atoms with van der Waals surface area (Å²) in [5.74, 6) is -1.19. The normalized spacial score (nSPS) is 12.1. The molecule has 0 aliphatic rings. The van der Waals surface area contributed by atoms with Crippen LogP contribution in [-0.2, 0) is 9.59 Å². The van der Waals surface area contributed by atoms with E-state index in [9.17, 15) is 9.59 Å². The van der Waals surface area contributed by atoms with E-state index in [1.165, 1.54) is 0 Å². The van der Waals surface area contributed by atoms with Crippen molar-refractivity contribution in [1.29, 1.82) is 0 Å². The molecule has 0 aliphatic heterocycles. The molecule has 0 heterocycles. The van der Waals surface area contributed by atoms with E-state index in [1.54, 1.807) is 0 Å². The van der Waals surface area contributed by atoms with Gasteiger partial charge in [0.15, 0.2) is 0 Å². The van der Waals surface area contributed by atoms with Crippen molar-refractivity contribution in [2.24, 2.45) is 0 Å². The van der Waals surface area contributed by atoms with E-state index in [1.807, 2.05) is 0 Å². The number of rotatable bonds is 4. The number of aliphatic hydroxyl groups excluding tert-OH is 1. The van der Waals surface area contributed by atoms with Gasteiger partial charge in [0, 0.05) is 12.0 Å². The predicted octanol–water partition coefficient (Wildman–Crippen LogP) is -0.423. The van der Waals surface area contributed by atoms with E-state index in [0.717, 1.165) is 0 Å².